The van der Waals surface area contributed by atoms with E-state index in [1.165, 1.54) is 5.56 Å². The summed E-state index contributed by atoms with van der Waals surface area (Å²) in [5, 5.41) is 8.95. The number of rotatable bonds is 2. The Morgan fingerprint density at radius 2 is 1.76 bits per heavy atom. The SMILES string of the molecule is CC/C(C#N)=C(/N)c1ccc(C(C)(C)C)cc1. The Hall–Kier alpha value is -1.75. The van der Waals surface area contributed by atoms with Gasteiger partial charge in [0.1, 0.15) is 0 Å². The zero-order valence-electron chi connectivity index (χ0n) is 11.0. The fourth-order valence-electron chi connectivity index (χ4n) is 1.65. The van der Waals surface area contributed by atoms with Gasteiger partial charge in [-0.2, -0.15) is 5.26 Å². The molecule has 0 heterocycles. The van der Waals surface area contributed by atoms with Crippen LogP contribution in [0.4, 0.5) is 0 Å². The highest BCUT2D eigenvalue weighted by molar-refractivity contribution is 5.69. The van der Waals surface area contributed by atoms with Gasteiger partial charge in [0, 0.05) is 0 Å². The lowest BCUT2D eigenvalue weighted by atomic mass is 9.86. The maximum Gasteiger partial charge on any atom is 0.0968 e. The minimum Gasteiger partial charge on any atom is -0.397 e. The molecular weight excluding hydrogens is 208 g/mol. The summed E-state index contributed by atoms with van der Waals surface area (Å²) in [7, 11) is 0. The lowest BCUT2D eigenvalue weighted by Crippen LogP contribution is -2.11. The standard InChI is InChI=1S/C15H20N2/c1-5-11(10-16)14(17)12-6-8-13(9-7-12)15(2,3)4/h6-9H,5,17H2,1-4H3/b14-11-. The van der Waals surface area contributed by atoms with Crippen LogP contribution in [0.5, 0.6) is 0 Å². The molecule has 0 aromatic heterocycles. The Morgan fingerprint density at radius 3 is 2.12 bits per heavy atom. The van der Waals surface area contributed by atoms with Crippen molar-refractivity contribution in [2.45, 2.75) is 39.5 Å². The molecule has 90 valence electrons. The minimum atomic E-state index is 0.139. The van der Waals surface area contributed by atoms with Gasteiger partial charge in [0.2, 0.25) is 0 Å². The van der Waals surface area contributed by atoms with Crippen molar-refractivity contribution in [2.24, 2.45) is 5.73 Å². The molecule has 0 radical (unpaired) electrons. The summed E-state index contributed by atoms with van der Waals surface area (Å²) in [4.78, 5) is 0. The van der Waals surface area contributed by atoms with Crippen LogP contribution in [0, 0.1) is 11.3 Å². The summed E-state index contributed by atoms with van der Waals surface area (Å²) in [6, 6.07) is 10.3. The average molecular weight is 228 g/mol. The molecule has 0 saturated carbocycles. The number of nitriles is 1. The molecule has 0 spiro atoms. The summed E-state index contributed by atoms with van der Waals surface area (Å²) < 4.78 is 0. The Balaban J connectivity index is 3.13. The largest absolute Gasteiger partial charge is 0.397 e. The van der Waals surface area contributed by atoms with Crippen LogP contribution in [0.15, 0.2) is 29.8 Å². The van der Waals surface area contributed by atoms with Gasteiger partial charge in [-0.25, -0.2) is 0 Å². The number of nitrogens with two attached hydrogens (primary N) is 1. The van der Waals surface area contributed by atoms with E-state index >= 15 is 0 Å². The third kappa shape index (κ3) is 3.10. The lowest BCUT2D eigenvalue weighted by Gasteiger charge is -2.19. The highest BCUT2D eigenvalue weighted by atomic mass is 14.6. The first-order valence-corrected chi connectivity index (χ1v) is 5.89. The Morgan fingerprint density at radius 1 is 1.24 bits per heavy atom. The van der Waals surface area contributed by atoms with Gasteiger partial charge >= 0.3 is 0 Å². The summed E-state index contributed by atoms with van der Waals surface area (Å²) >= 11 is 0. The van der Waals surface area contributed by atoms with Crippen molar-refractivity contribution in [1.29, 1.82) is 5.26 Å². The van der Waals surface area contributed by atoms with Gasteiger partial charge in [-0.05, 0) is 23.0 Å². The fraction of sp³-hybridized carbons (Fsp3) is 0.400. The van der Waals surface area contributed by atoms with Crippen LogP contribution in [-0.4, -0.2) is 0 Å². The number of benzene rings is 1. The van der Waals surface area contributed by atoms with Crippen LogP contribution in [0.25, 0.3) is 5.70 Å². The van der Waals surface area contributed by atoms with Crippen molar-refractivity contribution in [1.82, 2.24) is 0 Å². The van der Waals surface area contributed by atoms with E-state index in [9.17, 15) is 0 Å². The molecule has 0 bridgehead atoms. The van der Waals surface area contributed by atoms with E-state index in [-0.39, 0.29) is 5.41 Å². The molecule has 2 N–H and O–H groups in total. The highest BCUT2D eigenvalue weighted by Gasteiger charge is 2.13. The van der Waals surface area contributed by atoms with Crippen LogP contribution in [0.2, 0.25) is 0 Å². The first-order chi connectivity index (χ1) is 7.90. The fourth-order valence-corrected chi connectivity index (χ4v) is 1.65. The third-order valence-electron chi connectivity index (χ3n) is 2.88. The van der Waals surface area contributed by atoms with Gasteiger partial charge < -0.3 is 5.73 Å². The molecular formula is C15H20N2. The number of allylic oxidation sites excluding steroid dienone is 1. The van der Waals surface area contributed by atoms with E-state index in [1.807, 2.05) is 19.1 Å². The smallest absolute Gasteiger partial charge is 0.0968 e. The molecule has 1 rings (SSSR count). The second-order valence-corrected chi connectivity index (χ2v) is 5.18. The van der Waals surface area contributed by atoms with Gasteiger partial charge in [0.15, 0.2) is 0 Å². The number of hydrogen-bond donors (Lipinski definition) is 1. The molecule has 0 aliphatic carbocycles. The summed E-state index contributed by atoms with van der Waals surface area (Å²) in [5.41, 5.74) is 9.55. The topological polar surface area (TPSA) is 49.8 Å². The molecule has 0 aliphatic rings. The van der Waals surface area contributed by atoms with E-state index in [0.29, 0.717) is 17.7 Å². The minimum absolute atomic E-state index is 0.139. The van der Waals surface area contributed by atoms with Crippen molar-refractivity contribution in [3.8, 4) is 6.07 Å². The van der Waals surface area contributed by atoms with Crippen molar-refractivity contribution < 1.29 is 0 Å². The second-order valence-electron chi connectivity index (χ2n) is 5.18. The van der Waals surface area contributed by atoms with Crippen LogP contribution >= 0.6 is 0 Å². The Bertz CT molecular complexity index is 453. The van der Waals surface area contributed by atoms with Crippen LogP contribution in [0.3, 0.4) is 0 Å². The molecule has 1 aromatic carbocycles. The first-order valence-electron chi connectivity index (χ1n) is 5.89. The van der Waals surface area contributed by atoms with Gasteiger partial charge in [-0.15, -0.1) is 0 Å². The summed E-state index contributed by atoms with van der Waals surface area (Å²) in [6.45, 7) is 8.46. The normalized spacial score (nSPS) is 12.9. The molecule has 2 nitrogen and oxygen atoms in total. The average Bonchev–Trinajstić information content (AvgIpc) is 2.29. The number of hydrogen-bond acceptors (Lipinski definition) is 2. The van der Waals surface area contributed by atoms with Crippen molar-refractivity contribution in [3.05, 3.63) is 41.0 Å². The first kappa shape index (κ1) is 13.3. The molecule has 0 amide bonds. The van der Waals surface area contributed by atoms with Crippen LogP contribution in [-0.2, 0) is 5.41 Å². The second kappa shape index (κ2) is 5.05. The summed E-state index contributed by atoms with van der Waals surface area (Å²) in [5.74, 6) is 0. The molecule has 2 heteroatoms. The molecule has 0 unspecified atom stereocenters. The molecule has 0 fully saturated rings. The van der Waals surface area contributed by atoms with E-state index in [1.54, 1.807) is 0 Å². The molecule has 0 aliphatic heterocycles. The Labute approximate surface area is 104 Å². The van der Waals surface area contributed by atoms with E-state index in [0.717, 1.165) is 5.56 Å². The monoisotopic (exact) mass is 228 g/mol. The van der Waals surface area contributed by atoms with Gasteiger partial charge in [-0.1, -0.05) is 52.0 Å². The third-order valence-corrected chi connectivity index (χ3v) is 2.88. The van der Waals surface area contributed by atoms with Crippen molar-refractivity contribution in [3.63, 3.8) is 0 Å². The van der Waals surface area contributed by atoms with Crippen molar-refractivity contribution in [2.75, 3.05) is 0 Å². The highest BCUT2D eigenvalue weighted by Crippen LogP contribution is 2.24. The van der Waals surface area contributed by atoms with Gasteiger partial charge in [0.25, 0.3) is 0 Å². The molecule has 0 atom stereocenters. The zero-order chi connectivity index (χ0) is 13.1. The zero-order valence-corrected chi connectivity index (χ0v) is 11.0. The maximum absolute atomic E-state index is 8.95. The predicted molar refractivity (Wildman–Crippen MR) is 72.2 cm³/mol. The van der Waals surface area contributed by atoms with Gasteiger partial charge in [-0.3, -0.25) is 0 Å². The quantitative estimate of drug-likeness (QED) is 0.786. The van der Waals surface area contributed by atoms with Crippen LogP contribution in [0.1, 0.15) is 45.2 Å². The van der Waals surface area contributed by atoms with E-state index < -0.39 is 0 Å². The summed E-state index contributed by atoms with van der Waals surface area (Å²) in [6.07, 6.45) is 0.670. The Kier molecular flexibility index (Phi) is 3.96. The van der Waals surface area contributed by atoms with Crippen molar-refractivity contribution >= 4 is 5.70 Å². The molecule has 1 aromatic rings. The lowest BCUT2D eigenvalue weighted by molar-refractivity contribution is 0.590. The maximum atomic E-state index is 8.95. The van der Waals surface area contributed by atoms with E-state index in [2.05, 4.69) is 39.0 Å². The van der Waals surface area contributed by atoms with Gasteiger partial charge in [0.05, 0.1) is 17.3 Å². The predicted octanol–water partition coefficient (Wildman–Crippen LogP) is 3.59. The van der Waals surface area contributed by atoms with E-state index in [4.69, 9.17) is 11.0 Å². The molecule has 17 heavy (non-hydrogen) atoms. The number of nitrogens with zero attached hydrogens (tertiary/aromatic N) is 1. The molecule has 0 saturated heterocycles. The van der Waals surface area contributed by atoms with Crippen LogP contribution < -0.4 is 5.73 Å².